The highest BCUT2D eigenvalue weighted by atomic mass is 79.9. The SMILES string of the molecule is Br.O=c1oc2cc(F)ccc2cc1-n1cnc2csnc21. The van der Waals surface area contributed by atoms with Crippen molar-refractivity contribution in [3.63, 3.8) is 0 Å². The minimum atomic E-state index is -0.560. The van der Waals surface area contributed by atoms with Crippen LogP contribution in [-0.2, 0) is 0 Å². The molecule has 0 fully saturated rings. The molecule has 0 radical (unpaired) electrons. The lowest BCUT2D eigenvalue weighted by Gasteiger charge is -2.02. The fourth-order valence-electron chi connectivity index (χ4n) is 2.07. The van der Waals surface area contributed by atoms with E-state index in [2.05, 4.69) is 9.36 Å². The summed E-state index contributed by atoms with van der Waals surface area (Å²) in [5.74, 6) is -0.446. The molecule has 0 saturated heterocycles. The van der Waals surface area contributed by atoms with Crippen LogP contribution in [0.5, 0.6) is 0 Å². The Hall–Kier alpha value is -2.06. The van der Waals surface area contributed by atoms with Gasteiger partial charge < -0.3 is 4.42 Å². The van der Waals surface area contributed by atoms with Crippen molar-refractivity contribution in [3.05, 3.63) is 52.2 Å². The average molecular weight is 368 g/mol. The third-order valence-corrected chi connectivity index (χ3v) is 3.62. The van der Waals surface area contributed by atoms with Gasteiger partial charge in [0.15, 0.2) is 5.65 Å². The second-order valence-electron chi connectivity index (χ2n) is 4.24. The molecule has 0 saturated carbocycles. The normalized spacial score (nSPS) is 10.9. The summed E-state index contributed by atoms with van der Waals surface area (Å²) in [5, 5.41) is 2.43. The Kier molecular flexibility index (Phi) is 3.34. The molecular formula is C13H7BrFN3O2S. The van der Waals surface area contributed by atoms with E-state index in [1.165, 1.54) is 30.0 Å². The lowest BCUT2D eigenvalue weighted by atomic mass is 10.2. The fraction of sp³-hybridized carbons (Fsp3) is 0. The standard InChI is InChI=1S/C13H6FN3O2S.BrH/c14-8-2-1-7-3-10(13(18)19-11(7)4-8)17-6-15-9-5-20-16-12(9)17;/h1-6H;1H. The molecular weight excluding hydrogens is 361 g/mol. The first kappa shape index (κ1) is 13.9. The number of nitrogens with zero attached hydrogens (tertiary/aromatic N) is 3. The van der Waals surface area contributed by atoms with Crippen LogP contribution >= 0.6 is 28.5 Å². The monoisotopic (exact) mass is 367 g/mol. The Labute approximate surface area is 131 Å². The molecule has 106 valence electrons. The number of aromatic nitrogens is 3. The van der Waals surface area contributed by atoms with E-state index < -0.39 is 11.4 Å². The molecule has 0 aliphatic heterocycles. The smallest absolute Gasteiger partial charge is 0.360 e. The van der Waals surface area contributed by atoms with Crippen molar-refractivity contribution in [2.75, 3.05) is 0 Å². The van der Waals surface area contributed by atoms with Gasteiger partial charge >= 0.3 is 5.63 Å². The molecule has 4 rings (SSSR count). The molecule has 5 nitrogen and oxygen atoms in total. The van der Waals surface area contributed by atoms with E-state index in [0.29, 0.717) is 22.2 Å². The number of rotatable bonds is 1. The lowest BCUT2D eigenvalue weighted by molar-refractivity contribution is 0.550. The third-order valence-electron chi connectivity index (χ3n) is 3.01. The second-order valence-corrected chi connectivity index (χ2v) is 4.87. The number of fused-ring (bicyclic) bond motifs is 2. The maximum absolute atomic E-state index is 13.1. The van der Waals surface area contributed by atoms with Crippen molar-refractivity contribution < 1.29 is 8.81 Å². The number of imidazole rings is 1. The molecule has 0 spiro atoms. The summed E-state index contributed by atoms with van der Waals surface area (Å²) in [5.41, 5.74) is 1.28. The number of hydrogen-bond acceptors (Lipinski definition) is 5. The minimum Gasteiger partial charge on any atom is -0.421 e. The van der Waals surface area contributed by atoms with Gasteiger partial charge in [-0.3, -0.25) is 4.57 Å². The van der Waals surface area contributed by atoms with Crippen molar-refractivity contribution in [2.24, 2.45) is 0 Å². The summed E-state index contributed by atoms with van der Waals surface area (Å²) >= 11 is 1.26. The van der Waals surface area contributed by atoms with Crippen LogP contribution in [0.15, 0.2) is 45.2 Å². The van der Waals surface area contributed by atoms with Gasteiger partial charge in [0, 0.05) is 16.8 Å². The van der Waals surface area contributed by atoms with Crippen LogP contribution in [-0.4, -0.2) is 13.9 Å². The van der Waals surface area contributed by atoms with Gasteiger partial charge in [-0.1, -0.05) is 0 Å². The molecule has 0 aliphatic rings. The van der Waals surface area contributed by atoms with Crippen LogP contribution in [0.4, 0.5) is 4.39 Å². The van der Waals surface area contributed by atoms with E-state index in [4.69, 9.17) is 4.42 Å². The van der Waals surface area contributed by atoms with Gasteiger partial charge in [-0.2, -0.15) is 4.37 Å². The number of hydrogen-bond donors (Lipinski definition) is 0. The van der Waals surface area contributed by atoms with Crippen molar-refractivity contribution >= 4 is 50.6 Å². The Morgan fingerprint density at radius 2 is 2.14 bits per heavy atom. The van der Waals surface area contributed by atoms with Gasteiger partial charge in [0.05, 0.1) is 0 Å². The predicted molar refractivity (Wildman–Crippen MR) is 83.1 cm³/mol. The zero-order valence-electron chi connectivity index (χ0n) is 10.3. The van der Waals surface area contributed by atoms with Crippen LogP contribution in [0.25, 0.3) is 27.8 Å². The third kappa shape index (κ3) is 2.16. The highest BCUT2D eigenvalue weighted by Gasteiger charge is 2.12. The average Bonchev–Trinajstić information content (AvgIpc) is 3.00. The van der Waals surface area contributed by atoms with Crippen LogP contribution in [0.1, 0.15) is 0 Å². The van der Waals surface area contributed by atoms with Crippen molar-refractivity contribution in [1.29, 1.82) is 0 Å². The first-order chi connectivity index (χ1) is 9.72. The Morgan fingerprint density at radius 1 is 1.29 bits per heavy atom. The van der Waals surface area contributed by atoms with Crippen molar-refractivity contribution in [1.82, 2.24) is 13.9 Å². The quantitative estimate of drug-likeness (QED) is 0.484. The number of benzene rings is 1. The van der Waals surface area contributed by atoms with Crippen molar-refractivity contribution in [2.45, 2.75) is 0 Å². The fourth-order valence-corrected chi connectivity index (χ4v) is 2.67. The Bertz CT molecular complexity index is 1010. The van der Waals surface area contributed by atoms with Crippen LogP contribution in [0.3, 0.4) is 0 Å². The summed E-state index contributed by atoms with van der Waals surface area (Å²) in [6.07, 6.45) is 1.52. The summed E-state index contributed by atoms with van der Waals surface area (Å²) in [6.45, 7) is 0. The van der Waals surface area contributed by atoms with E-state index in [0.717, 1.165) is 0 Å². The topological polar surface area (TPSA) is 60.9 Å². The van der Waals surface area contributed by atoms with E-state index in [1.807, 2.05) is 0 Å². The van der Waals surface area contributed by atoms with Gasteiger partial charge in [0.1, 0.15) is 28.9 Å². The largest absolute Gasteiger partial charge is 0.421 e. The molecule has 4 aromatic rings. The molecule has 0 amide bonds. The summed E-state index contributed by atoms with van der Waals surface area (Å²) in [6, 6.07) is 5.71. The molecule has 3 heterocycles. The van der Waals surface area contributed by atoms with E-state index >= 15 is 0 Å². The lowest BCUT2D eigenvalue weighted by Crippen LogP contribution is -2.09. The Balaban J connectivity index is 0.00000132. The molecule has 21 heavy (non-hydrogen) atoms. The zero-order valence-corrected chi connectivity index (χ0v) is 12.8. The van der Waals surface area contributed by atoms with Crippen LogP contribution < -0.4 is 5.63 Å². The first-order valence-corrected chi connectivity index (χ1v) is 6.57. The summed E-state index contributed by atoms with van der Waals surface area (Å²) in [7, 11) is 0. The summed E-state index contributed by atoms with van der Waals surface area (Å²) in [4.78, 5) is 16.2. The van der Waals surface area contributed by atoms with E-state index in [9.17, 15) is 9.18 Å². The molecule has 8 heteroatoms. The maximum Gasteiger partial charge on any atom is 0.360 e. The van der Waals surface area contributed by atoms with Gasteiger partial charge in [0.2, 0.25) is 0 Å². The Morgan fingerprint density at radius 3 is 3.00 bits per heavy atom. The molecule has 0 atom stereocenters. The van der Waals surface area contributed by atoms with Crippen molar-refractivity contribution in [3.8, 4) is 5.69 Å². The molecule has 0 N–H and O–H groups in total. The molecule has 3 aromatic heterocycles. The molecule has 0 unspecified atom stereocenters. The van der Waals surface area contributed by atoms with Crippen LogP contribution in [0.2, 0.25) is 0 Å². The highest BCUT2D eigenvalue weighted by Crippen LogP contribution is 2.20. The molecule has 1 aromatic carbocycles. The predicted octanol–water partition coefficient (Wildman–Crippen LogP) is 3.31. The minimum absolute atomic E-state index is 0. The van der Waals surface area contributed by atoms with E-state index in [1.54, 1.807) is 22.1 Å². The van der Waals surface area contributed by atoms with E-state index in [-0.39, 0.29) is 22.6 Å². The van der Waals surface area contributed by atoms with Crippen LogP contribution in [0, 0.1) is 5.82 Å². The highest BCUT2D eigenvalue weighted by molar-refractivity contribution is 8.93. The zero-order chi connectivity index (χ0) is 13.7. The molecule has 0 aliphatic carbocycles. The van der Waals surface area contributed by atoms with Gasteiger partial charge in [-0.15, -0.1) is 17.0 Å². The maximum atomic E-state index is 13.1. The van der Waals surface area contributed by atoms with Gasteiger partial charge in [-0.25, -0.2) is 14.2 Å². The second kappa shape index (κ2) is 5.05. The summed E-state index contributed by atoms with van der Waals surface area (Å²) < 4.78 is 24.0. The first-order valence-electron chi connectivity index (χ1n) is 5.73. The van der Waals surface area contributed by atoms with Gasteiger partial charge in [0.25, 0.3) is 0 Å². The number of halogens is 2. The van der Waals surface area contributed by atoms with Gasteiger partial charge in [-0.05, 0) is 29.7 Å². The molecule has 0 bridgehead atoms.